The van der Waals surface area contributed by atoms with Crippen LogP contribution in [0.1, 0.15) is 91.3 Å². The van der Waals surface area contributed by atoms with Crippen LogP contribution in [-0.4, -0.2) is 76.9 Å². The highest BCUT2D eigenvalue weighted by Gasteiger charge is 2.49. The number of fused-ring (bicyclic) bond motifs is 4. The Morgan fingerprint density at radius 1 is 1.02 bits per heavy atom. The zero-order valence-electron chi connectivity index (χ0n) is 29.2. The molecule has 7 nitrogen and oxygen atoms in total. The molecule has 4 aromatic rings. The number of nitrogens with one attached hydrogen (secondary N) is 1. The first-order valence-electron chi connectivity index (χ1n) is 18.0. The molecule has 0 unspecified atom stereocenters. The summed E-state index contributed by atoms with van der Waals surface area (Å²) in [6.07, 6.45) is 3.06. The van der Waals surface area contributed by atoms with Gasteiger partial charge in [0.05, 0.1) is 16.6 Å². The molecule has 4 atom stereocenters. The predicted molar refractivity (Wildman–Crippen MR) is 195 cm³/mol. The fourth-order valence-corrected chi connectivity index (χ4v) is 8.34. The van der Waals surface area contributed by atoms with E-state index in [-0.39, 0.29) is 54.6 Å². The fourth-order valence-electron chi connectivity index (χ4n) is 8.34. The molecule has 49 heavy (non-hydrogen) atoms. The topological polar surface area (TPSA) is 66.4 Å². The Morgan fingerprint density at radius 3 is 2.59 bits per heavy atom. The van der Waals surface area contributed by atoms with E-state index in [1.165, 1.54) is 6.07 Å². The second kappa shape index (κ2) is 15.2. The van der Waals surface area contributed by atoms with Crippen LogP contribution >= 0.6 is 0 Å². The van der Waals surface area contributed by atoms with Crippen molar-refractivity contribution in [2.24, 2.45) is 0 Å². The molecule has 0 radical (unpaired) electrons. The van der Waals surface area contributed by atoms with Crippen molar-refractivity contribution < 1.29 is 17.9 Å². The minimum Gasteiger partial charge on any atom is -0.461 e. The average molecular weight is 679 g/mol. The lowest BCUT2D eigenvalue weighted by atomic mass is 9.91. The van der Waals surface area contributed by atoms with Crippen LogP contribution in [-0.2, 0) is 0 Å². The van der Waals surface area contributed by atoms with Gasteiger partial charge in [-0.25, -0.2) is 18.2 Å². The van der Waals surface area contributed by atoms with E-state index in [2.05, 4.69) is 22.0 Å². The number of pyridine rings is 1. The van der Waals surface area contributed by atoms with E-state index in [1.54, 1.807) is 13.0 Å². The lowest BCUT2D eigenvalue weighted by molar-refractivity contribution is 0.107. The van der Waals surface area contributed by atoms with Crippen LogP contribution in [0, 0.1) is 18.6 Å². The number of piperazine rings is 1. The zero-order valence-corrected chi connectivity index (χ0v) is 29.2. The molecule has 4 aliphatic heterocycles. The molecule has 4 aliphatic rings. The molecular formula is C39H53F3N6O. The van der Waals surface area contributed by atoms with E-state index < -0.39 is 12.0 Å². The van der Waals surface area contributed by atoms with Crippen molar-refractivity contribution in [2.45, 2.75) is 105 Å². The largest absolute Gasteiger partial charge is 0.461 e. The van der Waals surface area contributed by atoms with E-state index >= 15 is 4.39 Å². The van der Waals surface area contributed by atoms with Crippen LogP contribution < -0.4 is 15.0 Å². The highest BCUT2D eigenvalue weighted by Crippen LogP contribution is 2.45. The van der Waals surface area contributed by atoms with Crippen molar-refractivity contribution in [2.75, 3.05) is 44.2 Å². The summed E-state index contributed by atoms with van der Waals surface area (Å²) in [5, 5.41) is 5.60. The van der Waals surface area contributed by atoms with Gasteiger partial charge < -0.3 is 15.0 Å². The van der Waals surface area contributed by atoms with Crippen molar-refractivity contribution in [1.29, 1.82) is 0 Å². The Morgan fingerprint density at radius 2 is 1.82 bits per heavy atom. The summed E-state index contributed by atoms with van der Waals surface area (Å²) in [6.45, 7) is 15.7. The summed E-state index contributed by atoms with van der Waals surface area (Å²) in [6, 6.07) is 8.99. The van der Waals surface area contributed by atoms with Gasteiger partial charge in [-0.05, 0) is 61.6 Å². The molecule has 3 saturated heterocycles. The number of alkyl halides is 1. The molecule has 6 heterocycles. The van der Waals surface area contributed by atoms with Crippen molar-refractivity contribution in [3.63, 3.8) is 0 Å². The molecule has 10 heteroatoms. The smallest absolute Gasteiger partial charge is 0.319 e. The maximum atomic E-state index is 17.0. The first-order chi connectivity index (χ1) is 23.4. The number of anilines is 1. The SMILES string of the molecule is C.CC.CC.CC[C@H]1C[C@@H]2CNCCN2c2nc(OC[C@@]34CCCN3C[C@H](F)C4)nc3c(F)c(-c4cccc5ccc(F)c(C)c45)nc1c23. The third kappa shape index (κ3) is 6.35. The molecule has 3 fully saturated rings. The molecule has 8 rings (SSSR count). The number of aryl methyl sites for hydroxylation is 1. The molecule has 2 aromatic carbocycles. The summed E-state index contributed by atoms with van der Waals surface area (Å²) in [5.74, 6) is -0.207. The van der Waals surface area contributed by atoms with Gasteiger partial charge in [0.15, 0.2) is 5.82 Å². The molecule has 0 aliphatic carbocycles. The van der Waals surface area contributed by atoms with Crippen LogP contribution in [0.15, 0.2) is 30.3 Å². The third-order valence-electron chi connectivity index (χ3n) is 10.6. The molecule has 266 valence electrons. The quantitative estimate of drug-likeness (QED) is 0.227. The first-order valence-corrected chi connectivity index (χ1v) is 18.0. The Hall–Kier alpha value is -3.50. The zero-order chi connectivity index (χ0) is 34.2. The van der Waals surface area contributed by atoms with E-state index in [0.717, 1.165) is 62.9 Å². The Kier molecular flexibility index (Phi) is 11.4. The van der Waals surface area contributed by atoms with Crippen molar-refractivity contribution in [3.8, 4) is 17.3 Å². The average Bonchev–Trinajstić information content (AvgIpc) is 3.61. The Balaban J connectivity index is 0.000000905. The van der Waals surface area contributed by atoms with Gasteiger partial charge in [0, 0.05) is 50.1 Å². The summed E-state index contributed by atoms with van der Waals surface area (Å²) in [5.41, 5.74) is 1.72. The van der Waals surface area contributed by atoms with Gasteiger partial charge in [-0.1, -0.05) is 66.3 Å². The second-order valence-corrected chi connectivity index (χ2v) is 13.0. The number of ether oxygens (including phenoxy) is 1. The van der Waals surface area contributed by atoms with E-state index in [1.807, 2.05) is 45.9 Å². The summed E-state index contributed by atoms with van der Waals surface area (Å²) >= 11 is 0. The summed E-state index contributed by atoms with van der Waals surface area (Å²) in [4.78, 5) is 19.2. The van der Waals surface area contributed by atoms with Crippen molar-refractivity contribution in [3.05, 3.63) is 53.2 Å². The standard InChI is InChI=1S/C34H37F3N6O.2C2H6.CH4/c1-3-20-14-23-16-38-11-13-43(23)32-27-29(20)39-30(24-7-4-6-21-8-9-25(36)19(2)26(21)24)28(37)31(27)40-33(41-32)44-18-34-10-5-12-42(34)17-22(35)15-34;2*1-2;/h4,6-9,20,22-23,38H,3,5,10-18H2,1-2H3;2*1-2H3;1H4/t20-,22+,23+,34-;;;/m0.../s1. The molecule has 0 saturated carbocycles. The van der Waals surface area contributed by atoms with E-state index in [0.29, 0.717) is 40.7 Å². The fraction of sp³-hybridized carbons (Fsp3) is 0.564. The van der Waals surface area contributed by atoms with Gasteiger partial charge in [-0.3, -0.25) is 4.90 Å². The molecule has 2 aromatic heterocycles. The van der Waals surface area contributed by atoms with Crippen molar-refractivity contribution in [1.82, 2.24) is 25.2 Å². The Bertz CT molecular complexity index is 1790. The molecule has 0 bridgehead atoms. The number of hydrogen-bond acceptors (Lipinski definition) is 7. The van der Waals surface area contributed by atoms with Gasteiger partial charge in [-0.2, -0.15) is 9.97 Å². The molecule has 0 amide bonds. The number of nitrogens with zero attached hydrogens (tertiary/aromatic N) is 5. The highest BCUT2D eigenvalue weighted by molar-refractivity contribution is 6.01. The number of hydrogen-bond donors (Lipinski definition) is 1. The first kappa shape index (κ1) is 36.8. The predicted octanol–water partition coefficient (Wildman–Crippen LogP) is 8.75. The number of rotatable bonds is 5. The van der Waals surface area contributed by atoms with E-state index in [4.69, 9.17) is 19.7 Å². The minimum atomic E-state index is -0.878. The lowest BCUT2D eigenvalue weighted by Crippen LogP contribution is -2.51. The third-order valence-corrected chi connectivity index (χ3v) is 10.6. The van der Waals surface area contributed by atoms with Crippen LogP contribution in [0.3, 0.4) is 0 Å². The van der Waals surface area contributed by atoms with Crippen LogP contribution in [0.5, 0.6) is 6.01 Å². The number of aromatic nitrogens is 3. The van der Waals surface area contributed by atoms with Gasteiger partial charge in [0.25, 0.3) is 0 Å². The normalized spacial score (nSPS) is 24.2. The molecule has 0 spiro atoms. The van der Waals surface area contributed by atoms with Crippen LogP contribution in [0.2, 0.25) is 0 Å². The monoisotopic (exact) mass is 678 g/mol. The molecule has 1 N–H and O–H groups in total. The van der Waals surface area contributed by atoms with Gasteiger partial charge in [0.2, 0.25) is 0 Å². The van der Waals surface area contributed by atoms with Gasteiger partial charge in [0.1, 0.15) is 35.6 Å². The lowest BCUT2D eigenvalue weighted by Gasteiger charge is -2.37. The number of halogens is 3. The maximum absolute atomic E-state index is 17.0. The maximum Gasteiger partial charge on any atom is 0.319 e. The Labute approximate surface area is 289 Å². The molecular weight excluding hydrogens is 625 g/mol. The summed E-state index contributed by atoms with van der Waals surface area (Å²) in [7, 11) is 0. The second-order valence-electron chi connectivity index (χ2n) is 13.0. The van der Waals surface area contributed by atoms with Crippen LogP contribution in [0.25, 0.3) is 32.9 Å². The highest BCUT2D eigenvalue weighted by atomic mass is 19.1. The van der Waals surface area contributed by atoms with Crippen molar-refractivity contribution >= 4 is 27.5 Å². The van der Waals surface area contributed by atoms with Gasteiger partial charge >= 0.3 is 6.01 Å². The van der Waals surface area contributed by atoms with Gasteiger partial charge in [-0.15, -0.1) is 0 Å². The minimum absolute atomic E-state index is 0. The summed E-state index contributed by atoms with van der Waals surface area (Å²) < 4.78 is 52.7. The number of benzene rings is 2. The van der Waals surface area contributed by atoms with Crippen LogP contribution in [0.4, 0.5) is 19.0 Å². The van der Waals surface area contributed by atoms with E-state index in [9.17, 15) is 8.78 Å².